The molecule has 0 amide bonds. The molecule has 35 heavy (non-hydrogen) atoms. The van der Waals surface area contributed by atoms with Gasteiger partial charge in [-0.2, -0.15) is 0 Å². The molecule has 1 aromatic heterocycles. The molecule has 0 aliphatic rings. The molecule has 5 heteroatoms. The zero-order valence-electron chi connectivity index (χ0n) is 20.6. The van der Waals surface area contributed by atoms with E-state index in [1.165, 1.54) is 0 Å². The third kappa shape index (κ3) is 8.01. The first-order chi connectivity index (χ1) is 17.0. The normalized spacial score (nSPS) is 12.8. The van der Waals surface area contributed by atoms with Crippen molar-refractivity contribution in [1.82, 2.24) is 4.57 Å². The number of thioether (sulfide) groups is 1. The third-order valence-corrected chi connectivity index (χ3v) is 6.48. The van der Waals surface area contributed by atoms with Gasteiger partial charge in [0.2, 0.25) is 0 Å². The highest BCUT2D eigenvalue weighted by atomic mass is 32.2. The second-order valence-corrected chi connectivity index (χ2v) is 9.63. The Morgan fingerprint density at radius 1 is 1.06 bits per heavy atom. The van der Waals surface area contributed by atoms with Crippen molar-refractivity contribution in [3.8, 4) is 5.69 Å². The van der Waals surface area contributed by atoms with Crippen LogP contribution < -0.4 is 10.7 Å². The van der Waals surface area contributed by atoms with Crippen molar-refractivity contribution in [3.63, 3.8) is 0 Å². The Bertz CT molecular complexity index is 1260. The molecular weight excluding hydrogens is 450 g/mol. The molecule has 1 atom stereocenters. The molecule has 0 aliphatic carbocycles. The standard InChI is InChI=1S/C30H33N3OS/c1-4-5-6-7-10-15-23(2)35-29(24(3)31)20-25-22-33(27-18-13-9-14-19-27)30(21-28(25)34)32-26-16-11-8-12-17-26/h4-5,8-23,31-32H,6-7H2,1-3H3/b5-4-,15-10-,29-20+,31-24?. The van der Waals surface area contributed by atoms with E-state index in [1.807, 2.05) is 84.4 Å². The van der Waals surface area contributed by atoms with Crippen molar-refractivity contribution in [1.29, 1.82) is 5.41 Å². The number of nitrogens with zero attached hydrogens (tertiary/aromatic N) is 1. The van der Waals surface area contributed by atoms with Crippen LogP contribution in [-0.2, 0) is 0 Å². The van der Waals surface area contributed by atoms with Crippen LogP contribution in [0.5, 0.6) is 0 Å². The summed E-state index contributed by atoms with van der Waals surface area (Å²) in [7, 11) is 0. The van der Waals surface area contributed by atoms with Crippen molar-refractivity contribution in [2.24, 2.45) is 0 Å². The molecule has 1 unspecified atom stereocenters. The van der Waals surface area contributed by atoms with Gasteiger partial charge in [0.15, 0.2) is 5.43 Å². The summed E-state index contributed by atoms with van der Waals surface area (Å²) in [6, 6.07) is 21.4. The highest BCUT2D eigenvalue weighted by Crippen LogP contribution is 2.27. The molecular formula is C30H33N3OS. The number of allylic oxidation sites excluding steroid dienone is 4. The van der Waals surface area contributed by atoms with E-state index < -0.39 is 0 Å². The maximum Gasteiger partial charge on any atom is 0.190 e. The average molecular weight is 484 g/mol. The Morgan fingerprint density at radius 2 is 1.71 bits per heavy atom. The van der Waals surface area contributed by atoms with Crippen molar-refractivity contribution in [2.75, 3.05) is 5.32 Å². The summed E-state index contributed by atoms with van der Waals surface area (Å²) >= 11 is 1.60. The van der Waals surface area contributed by atoms with E-state index in [9.17, 15) is 4.79 Å². The Hall–Kier alpha value is -3.57. The smallest absolute Gasteiger partial charge is 0.190 e. The summed E-state index contributed by atoms with van der Waals surface area (Å²) in [6.07, 6.45) is 14.3. The molecule has 4 nitrogen and oxygen atoms in total. The van der Waals surface area contributed by atoms with Crippen LogP contribution in [0, 0.1) is 5.41 Å². The minimum absolute atomic E-state index is 0.0930. The van der Waals surface area contributed by atoms with Gasteiger partial charge in [-0.25, -0.2) is 0 Å². The molecule has 0 saturated heterocycles. The average Bonchev–Trinajstić information content (AvgIpc) is 2.86. The molecule has 1 heterocycles. The summed E-state index contributed by atoms with van der Waals surface area (Å²) in [6.45, 7) is 5.91. The lowest BCUT2D eigenvalue weighted by atomic mass is 10.2. The quantitative estimate of drug-likeness (QED) is 0.165. The number of pyridine rings is 1. The van der Waals surface area contributed by atoms with Crippen molar-refractivity contribution in [2.45, 2.75) is 38.9 Å². The predicted octanol–water partition coefficient (Wildman–Crippen LogP) is 8.00. The number of nitrogens with one attached hydrogen (secondary N) is 2. The molecule has 0 bridgehead atoms. The summed E-state index contributed by atoms with van der Waals surface area (Å²) in [5.41, 5.74) is 2.75. The van der Waals surface area contributed by atoms with E-state index in [1.54, 1.807) is 24.8 Å². The van der Waals surface area contributed by atoms with Gasteiger partial charge < -0.3 is 15.3 Å². The number of benzene rings is 2. The van der Waals surface area contributed by atoms with Crippen molar-refractivity contribution >= 4 is 35.1 Å². The number of rotatable bonds is 11. The fraction of sp³-hybridized carbons (Fsp3) is 0.200. The maximum absolute atomic E-state index is 13.1. The van der Waals surface area contributed by atoms with E-state index in [0.29, 0.717) is 17.1 Å². The van der Waals surface area contributed by atoms with Gasteiger partial charge in [-0.1, -0.05) is 60.7 Å². The Labute approximate surface area is 212 Å². The molecule has 180 valence electrons. The van der Waals surface area contributed by atoms with Crippen LogP contribution in [0.1, 0.15) is 39.2 Å². The van der Waals surface area contributed by atoms with Gasteiger partial charge in [0.25, 0.3) is 0 Å². The summed E-state index contributed by atoms with van der Waals surface area (Å²) in [5.74, 6) is 0.683. The van der Waals surface area contributed by atoms with Crippen LogP contribution in [0.2, 0.25) is 0 Å². The topological polar surface area (TPSA) is 57.9 Å². The largest absolute Gasteiger partial charge is 0.341 e. The lowest BCUT2D eigenvalue weighted by Crippen LogP contribution is -2.13. The van der Waals surface area contributed by atoms with Crippen LogP contribution in [0.4, 0.5) is 11.5 Å². The molecule has 2 N–H and O–H groups in total. The molecule has 2 aromatic carbocycles. The van der Waals surface area contributed by atoms with E-state index in [4.69, 9.17) is 5.41 Å². The zero-order valence-corrected chi connectivity index (χ0v) is 21.4. The summed E-state index contributed by atoms with van der Waals surface area (Å²) < 4.78 is 1.98. The first-order valence-corrected chi connectivity index (χ1v) is 12.7. The van der Waals surface area contributed by atoms with Crippen LogP contribution in [0.3, 0.4) is 0 Å². The highest BCUT2D eigenvalue weighted by molar-refractivity contribution is 8.04. The predicted molar refractivity (Wildman–Crippen MR) is 153 cm³/mol. The Balaban J connectivity index is 1.95. The van der Waals surface area contributed by atoms with Gasteiger partial charge in [-0.15, -0.1) is 11.8 Å². The second kappa shape index (κ2) is 13.4. The molecule has 3 rings (SSSR count). The monoisotopic (exact) mass is 483 g/mol. The number of hydrogen-bond donors (Lipinski definition) is 2. The van der Waals surface area contributed by atoms with Crippen molar-refractivity contribution < 1.29 is 0 Å². The van der Waals surface area contributed by atoms with E-state index in [-0.39, 0.29) is 10.7 Å². The summed E-state index contributed by atoms with van der Waals surface area (Å²) in [4.78, 5) is 13.9. The SMILES string of the molecule is C/C=C\CC/C=C\C(C)S/C(=C/c1cn(-c2ccccc2)c(Nc2ccccc2)cc1=O)C(C)=N. The fourth-order valence-corrected chi connectivity index (χ4v) is 4.45. The third-order valence-electron chi connectivity index (χ3n) is 5.27. The number of unbranched alkanes of at least 4 members (excludes halogenated alkanes) is 1. The lowest BCUT2D eigenvalue weighted by Gasteiger charge is -2.17. The molecule has 0 aliphatic heterocycles. The Kier molecular flexibility index (Phi) is 9.93. The minimum Gasteiger partial charge on any atom is -0.341 e. The first-order valence-electron chi connectivity index (χ1n) is 11.8. The van der Waals surface area contributed by atoms with Gasteiger partial charge >= 0.3 is 0 Å². The number of para-hydroxylation sites is 2. The van der Waals surface area contributed by atoms with Gasteiger partial charge in [-0.3, -0.25) is 4.79 Å². The first kappa shape index (κ1) is 26.0. The summed E-state index contributed by atoms with van der Waals surface area (Å²) in [5, 5.41) is 11.9. The molecule has 0 spiro atoms. The van der Waals surface area contributed by atoms with Crippen LogP contribution in [0.15, 0.2) is 107 Å². The van der Waals surface area contributed by atoms with Gasteiger partial charge in [-0.05, 0) is 64.0 Å². The van der Waals surface area contributed by atoms with E-state index in [2.05, 4.69) is 36.5 Å². The van der Waals surface area contributed by atoms with Crippen LogP contribution >= 0.6 is 11.8 Å². The van der Waals surface area contributed by atoms with E-state index in [0.717, 1.165) is 29.1 Å². The number of anilines is 2. The zero-order chi connectivity index (χ0) is 25.0. The minimum atomic E-state index is -0.0930. The van der Waals surface area contributed by atoms with Gasteiger partial charge in [0, 0.05) is 45.1 Å². The number of hydrogen-bond acceptors (Lipinski definition) is 4. The second-order valence-electron chi connectivity index (χ2n) is 8.21. The molecule has 3 aromatic rings. The van der Waals surface area contributed by atoms with Crippen LogP contribution in [-0.4, -0.2) is 15.5 Å². The number of aromatic nitrogens is 1. The van der Waals surface area contributed by atoms with Gasteiger partial charge in [0.1, 0.15) is 5.82 Å². The fourth-order valence-electron chi connectivity index (χ4n) is 3.48. The lowest BCUT2D eigenvalue weighted by molar-refractivity contribution is 1.04. The van der Waals surface area contributed by atoms with Crippen LogP contribution in [0.25, 0.3) is 11.8 Å². The molecule has 0 fully saturated rings. The maximum atomic E-state index is 13.1. The van der Waals surface area contributed by atoms with Crippen molar-refractivity contribution in [3.05, 3.63) is 118 Å². The molecule has 0 saturated carbocycles. The molecule has 0 radical (unpaired) electrons. The van der Waals surface area contributed by atoms with Gasteiger partial charge in [0.05, 0.1) is 0 Å². The highest BCUT2D eigenvalue weighted by Gasteiger charge is 2.11. The van der Waals surface area contributed by atoms with E-state index >= 15 is 0 Å². The Morgan fingerprint density at radius 3 is 2.37 bits per heavy atom.